The fourth-order valence-corrected chi connectivity index (χ4v) is 1.29. The van der Waals surface area contributed by atoms with Crippen LogP contribution in [0.3, 0.4) is 0 Å². The molecule has 0 fully saturated rings. The van der Waals surface area contributed by atoms with Gasteiger partial charge in [0, 0.05) is 23.2 Å². The number of ketones is 1. The van der Waals surface area contributed by atoms with Gasteiger partial charge in [-0.3, -0.25) is 9.59 Å². The Kier molecular flexibility index (Phi) is 3.62. The molecule has 4 heteroatoms. The second kappa shape index (κ2) is 4.54. The van der Waals surface area contributed by atoms with E-state index in [9.17, 15) is 9.59 Å². The maximum absolute atomic E-state index is 11.5. The highest BCUT2D eigenvalue weighted by molar-refractivity contribution is 14.1. The van der Waals surface area contributed by atoms with E-state index >= 15 is 0 Å². The van der Waals surface area contributed by atoms with Crippen molar-refractivity contribution < 1.29 is 9.59 Å². The highest BCUT2D eigenvalue weighted by atomic mass is 127. The minimum absolute atomic E-state index is 0.434. The van der Waals surface area contributed by atoms with Crippen molar-refractivity contribution in [3.05, 3.63) is 33.4 Å². The summed E-state index contributed by atoms with van der Waals surface area (Å²) < 4.78 is 1.04. The summed E-state index contributed by atoms with van der Waals surface area (Å²) >= 11 is 2.14. The van der Waals surface area contributed by atoms with Crippen LogP contribution in [0.5, 0.6) is 0 Å². The van der Waals surface area contributed by atoms with E-state index in [-0.39, 0.29) is 0 Å². The summed E-state index contributed by atoms with van der Waals surface area (Å²) in [5, 5.41) is 0. The number of amides is 1. The normalized spacial score (nSPS) is 9.64. The highest BCUT2D eigenvalue weighted by Crippen LogP contribution is 2.08. The van der Waals surface area contributed by atoms with Gasteiger partial charge in [0.2, 0.25) is 5.78 Å². The molecule has 0 aliphatic rings. The Bertz CT molecular complexity index is 357. The fraction of sp³-hybridized carbons (Fsp3) is 0.200. The standard InChI is InChI=1S/C10H10INO2/c1-12(2)10(14)9(13)7-3-5-8(11)6-4-7/h3-6H,1-2H3. The smallest absolute Gasteiger partial charge is 0.294 e. The number of hydrogen-bond acceptors (Lipinski definition) is 2. The Morgan fingerprint density at radius 2 is 1.64 bits per heavy atom. The van der Waals surface area contributed by atoms with Gasteiger partial charge in [0.25, 0.3) is 5.91 Å². The van der Waals surface area contributed by atoms with Crippen LogP contribution in [-0.4, -0.2) is 30.7 Å². The molecule has 1 aromatic carbocycles. The van der Waals surface area contributed by atoms with Crippen molar-refractivity contribution in [3.63, 3.8) is 0 Å². The molecule has 1 rings (SSSR count). The molecule has 0 N–H and O–H groups in total. The SMILES string of the molecule is CN(C)C(=O)C(=O)c1ccc(I)cc1. The fourth-order valence-electron chi connectivity index (χ4n) is 0.928. The van der Waals surface area contributed by atoms with Gasteiger partial charge in [-0.15, -0.1) is 0 Å². The molecule has 14 heavy (non-hydrogen) atoms. The van der Waals surface area contributed by atoms with Crippen LogP contribution in [0.1, 0.15) is 10.4 Å². The summed E-state index contributed by atoms with van der Waals surface area (Å²) in [6.45, 7) is 0. The summed E-state index contributed by atoms with van der Waals surface area (Å²) in [6, 6.07) is 6.92. The molecule has 0 unspecified atom stereocenters. The quantitative estimate of drug-likeness (QED) is 0.472. The van der Waals surface area contributed by atoms with Crippen LogP contribution in [0, 0.1) is 3.57 Å². The number of benzene rings is 1. The van der Waals surface area contributed by atoms with E-state index < -0.39 is 11.7 Å². The molecule has 0 aromatic heterocycles. The summed E-state index contributed by atoms with van der Waals surface area (Å²) in [6.07, 6.45) is 0. The third-order valence-corrected chi connectivity index (χ3v) is 2.43. The van der Waals surface area contributed by atoms with Crippen LogP contribution in [0.4, 0.5) is 0 Å². The second-order valence-corrected chi connectivity index (χ2v) is 4.28. The first kappa shape index (κ1) is 11.2. The zero-order chi connectivity index (χ0) is 10.7. The van der Waals surface area contributed by atoms with E-state index in [0.717, 1.165) is 3.57 Å². The predicted molar refractivity (Wildman–Crippen MR) is 62.2 cm³/mol. The maximum atomic E-state index is 11.5. The first-order chi connectivity index (χ1) is 6.52. The molecule has 3 nitrogen and oxygen atoms in total. The van der Waals surface area contributed by atoms with Crippen LogP contribution in [0.25, 0.3) is 0 Å². The van der Waals surface area contributed by atoms with Gasteiger partial charge >= 0.3 is 0 Å². The zero-order valence-electron chi connectivity index (χ0n) is 7.95. The summed E-state index contributed by atoms with van der Waals surface area (Å²) in [4.78, 5) is 24.1. The molecule has 0 bridgehead atoms. The van der Waals surface area contributed by atoms with Crippen molar-refractivity contribution in [1.29, 1.82) is 0 Å². The molecule has 0 atom stereocenters. The number of likely N-dealkylation sites (N-methyl/N-ethyl adjacent to an activating group) is 1. The number of Topliss-reactive ketones (excluding diaryl/α,β-unsaturated/α-hetero) is 1. The topological polar surface area (TPSA) is 37.4 Å². The minimum atomic E-state index is -0.494. The third-order valence-electron chi connectivity index (χ3n) is 1.71. The first-order valence-corrected chi connectivity index (χ1v) is 5.12. The van der Waals surface area contributed by atoms with Gasteiger partial charge < -0.3 is 4.90 Å². The van der Waals surface area contributed by atoms with Crippen LogP contribution >= 0.6 is 22.6 Å². The molecule has 0 heterocycles. The molecule has 0 saturated heterocycles. The maximum Gasteiger partial charge on any atom is 0.294 e. The number of hydrogen-bond donors (Lipinski definition) is 0. The van der Waals surface area contributed by atoms with Crippen molar-refractivity contribution in [2.75, 3.05) is 14.1 Å². The summed E-state index contributed by atoms with van der Waals surface area (Å²) in [5.41, 5.74) is 0.434. The monoisotopic (exact) mass is 303 g/mol. The number of halogens is 1. The number of rotatable bonds is 2. The van der Waals surface area contributed by atoms with Crippen molar-refractivity contribution in [2.45, 2.75) is 0 Å². The van der Waals surface area contributed by atoms with Gasteiger partial charge in [-0.2, -0.15) is 0 Å². The molecule has 0 saturated carbocycles. The van der Waals surface area contributed by atoms with E-state index in [4.69, 9.17) is 0 Å². The lowest BCUT2D eigenvalue weighted by atomic mass is 10.1. The molecule has 1 amide bonds. The lowest BCUT2D eigenvalue weighted by Gasteiger charge is -2.08. The van der Waals surface area contributed by atoms with E-state index in [0.29, 0.717) is 5.56 Å². The van der Waals surface area contributed by atoms with E-state index in [1.807, 2.05) is 0 Å². The van der Waals surface area contributed by atoms with Crippen molar-refractivity contribution >= 4 is 34.3 Å². The Hall–Kier alpha value is -0.910. The average molecular weight is 303 g/mol. The molecule has 0 aliphatic carbocycles. The van der Waals surface area contributed by atoms with Crippen LogP contribution in [0.15, 0.2) is 24.3 Å². The number of carbonyl (C=O) groups excluding carboxylic acids is 2. The van der Waals surface area contributed by atoms with Gasteiger partial charge in [-0.25, -0.2) is 0 Å². The van der Waals surface area contributed by atoms with Gasteiger partial charge in [-0.1, -0.05) is 0 Å². The molecule has 74 valence electrons. The summed E-state index contributed by atoms with van der Waals surface area (Å²) in [5.74, 6) is -0.961. The number of nitrogens with zero attached hydrogens (tertiary/aromatic N) is 1. The molecule has 1 aromatic rings. The first-order valence-electron chi connectivity index (χ1n) is 4.04. The Labute approximate surface area is 96.2 Å². The Morgan fingerprint density at radius 1 is 1.14 bits per heavy atom. The van der Waals surface area contributed by atoms with Gasteiger partial charge in [-0.05, 0) is 46.9 Å². The zero-order valence-corrected chi connectivity index (χ0v) is 10.1. The van der Waals surface area contributed by atoms with Gasteiger partial charge in [0.15, 0.2) is 0 Å². The minimum Gasteiger partial charge on any atom is -0.342 e. The summed E-state index contributed by atoms with van der Waals surface area (Å²) in [7, 11) is 3.12. The van der Waals surface area contributed by atoms with Crippen LogP contribution in [0.2, 0.25) is 0 Å². The van der Waals surface area contributed by atoms with E-state index in [2.05, 4.69) is 22.6 Å². The van der Waals surface area contributed by atoms with Crippen molar-refractivity contribution in [3.8, 4) is 0 Å². The Morgan fingerprint density at radius 3 is 2.07 bits per heavy atom. The molecular weight excluding hydrogens is 293 g/mol. The second-order valence-electron chi connectivity index (χ2n) is 3.04. The van der Waals surface area contributed by atoms with Crippen molar-refractivity contribution in [1.82, 2.24) is 4.90 Å². The van der Waals surface area contributed by atoms with Crippen LogP contribution < -0.4 is 0 Å². The molecule has 0 aliphatic heterocycles. The van der Waals surface area contributed by atoms with E-state index in [1.165, 1.54) is 4.90 Å². The van der Waals surface area contributed by atoms with Gasteiger partial charge in [0.05, 0.1) is 0 Å². The molecule has 0 radical (unpaired) electrons. The van der Waals surface area contributed by atoms with Crippen molar-refractivity contribution in [2.24, 2.45) is 0 Å². The molecular formula is C10H10INO2. The lowest BCUT2D eigenvalue weighted by molar-refractivity contribution is -0.124. The highest BCUT2D eigenvalue weighted by Gasteiger charge is 2.17. The average Bonchev–Trinajstić information content (AvgIpc) is 2.16. The Balaban J connectivity index is 2.90. The largest absolute Gasteiger partial charge is 0.342 e. The lowest BCUT2D eigenvalue weighted by Crippen LogP contribution is -2.29. The van der Waals surface area contributed by atoms with Gasteiger partial charge in [0.1, 0.15) is 0 Å². The predicted octanol–water partition coefficient (Wildman–Crippen LogP) is 1.56. The van der Waals surface area contributed by atoms with E-state index in [1.54, 1.807) is 38.4 Å². The number of carbonyl (C=O) groups is 2. The van der Waals surface area contributed by atoms with Crippen LogP contribution in [-0.2, 0) is 4.79 Å². The molecule has 0 spiro atoms. The third kappa shape index (κ3) is 2.54.